The normalized spacial score (nSPS) is 17.8. The average Bonchev–Trinajstić information content (AvgIpc) is 2.15. The molecule has 0 aromatic rings. The molecule has 0 aromatic heterocycles. The first-order valence-corrected chi connectivity index (χ1v) is 5.86. The summed E-state index contributed by atoms with van der Waals surface area (Å²) in [6.07, 6.45) is 1.99. The van der Waals surface area contributed by atoms with Gasteiger partial charge in [0.25, 0.3) is 0 Å². The lowest BCUT2D eigenvalue weighted by molar-refractivity contribution is -0.136. The van der Waals surface area contributed by atoms with Crippen LogP contribution in [-0.4, -0.2) is 37.5 Å². The van der Waals surface area contributed by atoms with Crippen molar-refractivity contribution in [3.05, 3.63) is 0 Å². The van der Waals surface area contributed by atoms with Gasteiger partial charge in [0.1, 0.15) is 0 Å². The summed E-state index contributed by atoms with van der Waals surface area (Å²) in [6.45, 7) is 9.31. The molecule has 0 radical (unpaired) electrons. The minimum atomic E-state index is 0. The Morgan fingerprint density at radius 2 is 1.81 bits per heavy atom. The maximum Gasteiger partial charge on any atom is 0.225 e. The minimum Gasteiger partial charge on any atom is -0.345 e. The molecule has 96 valence electrons. The summed E-state index contributed by atoms with van der Waals surface area (Å²) in [7, 11) is 1.93. The summed E-state index contributed by atoms with van der Waals surface area (Å²) in [6, 6.07) is 0. The van der Waals surface area contributed by atoms with Crippen LogP contribution in [0.25, 0.3) is 0 Å². The van der Waals surface area contributed by atoms with Crippen LogP contribution < -0.4 is 5.32 Å². The molecule has 1 heterocycles. The van der Waals surface area contributed by atoms with Crippen LogP contribution in [0.1, 0.15) is 33.6 Å². The van der Waals surface area contributed by atoms with E-state index in [1.54, 1.807) is 0 Å². The monoisotopic (exact) mass is 248 g/mol. The minimum absolute atomic E-state index is 0. The van der Waals surface area contributed by atoms with Crippen LogP contribution in [-0.2, 0) is 4.79 Å². The van der Waals surface area contributed by atoms with Gasteiger partial charge in [0.05, 0.1) is 0 Å². The third-order valence-corrected chi connectivity index (χ3v) is 2.78. The van der Waals surface area contributed by atoms with E-state index in [-0.39, 0.29) is 23.7 Å². The third-order valence-electron chi connectivity index (χ3n) is 2.78. The largest absolute Gasteiger partial charge is 0.345 e. The smallest absolute Gasteiger partial charge is 0.225 e. The third kappa shape index (κ3) is 5.17. The Morgan fingerprint density at radius 1 is 1.31 bits per heavy atom. The van der Waals surface area contributed by atoms with Gasteiger partial charge >= 0.3 is 0 Å². The molecule has 1 amide bonds. The van der Waals surface area contributed by atoms with Gasteiger partial charge in [-0.25, -0.2) is 0 Å². The van der Waals surface area contributed by atoms with Gasteiger partial charge in [-0.1, -0.05) is 20.8 Å². The molecule has 0 bridgehead atoms. The van der Waals surface area contributed by atoms with Gasteiger partial charge in [-0.15, -0.1) is 12.4 Å². The second-order valence-electron chi connectivity index (χ2n) is 5.78. The van der Waals surface area contributed by atoms with E-state index in [0.717, 1.165) is 32.5 Å². The van der Waals surface area contributed by atoms with Gasteiger partial charge in [0, 0.05) is 19.5 Å². The van der Waals surface area contributed by atoms with Gasteiger partial charge in [-0.3, -0.25) is 4.79 Å². The van der Waals surface area contributed by atoms with Crippen molar-refractivity contribution in [1.29, 1.82) is 0 Å². The maximum absolute atomic E-state index is 12.1. The van der Waals surface area contributed by atoms with Gasteiger partial charge in [-0.05, 0) is 31.3 Å². The Labute approximate surface area is 105 Å². The predicted octanol–water partition coefficient (Wildman–Crippen LogP) is 1.91. The first-order valence-electron chi connectivity index (χ1n) is 5.86. The molecule has 0 spiro atoms. The fourth-order valence-corrected chi connectivity index (χ4v) is 2.17. The van der Waals surface area contributed by atoms with E-state index in [1.165, 1.54) is 0 Å². The highest BCUT2D eigenvalue weighted by molar-refractivity contribution is 5.85. The summed E-state index contributed by atoms with van der Waals surface area (Å²) >= 11 is 0. The summed E-state index contributed by atoms with van der Waals surface area (Å²) in [4.78, 5) is 14.0. The first kappa shape index (κ1) is 15.7. The van der Waals surface area contributed by atoms with Gasteiger partial charge in [0.15, 0.2) is 0 Å². The van der Waals surface area contributed by atoms with E-state index in [1.807, 2.05) is 11.9 Å². The Kier molecular flexibility index (Phi) is 6.34. The van der Waals surface area contributed by atoms with Crippen LogP contribution in [0, 0.1) is 11.3 Å². The Balaban J connectivity index is 0.00000225. The molecule has 0 unspecified atom stereocenters. The molecular weight excluding hydrogens is 224 g/mol. The average molecular weight is 249 g/mol. The number of halogens is 1. The standard InChI is InChI=1S/C12H24N2O.ClH/c1-12(2,3)9-14(4)11(15)10-5-7-13-8-6-10;/h10,13H,5-9H2,1-4H3;1H. The van der Waals surface area contributed by atoms with Crippen LogP contribution in [0.5, 0.6) is 0 Å². The van der Waals surface area contributed by atoms with Crippen molar-refractivity contribution in [2.75, 3.05) is 26.7 Å². The van der Waals surface area contributed by atoms with Crippen LogP contribution in [0.3, 0.4) is 0 Å². The number of piperidine rings is 1. The van der Waals surface area contributed by atoms with E-state index in [9.17, 15) is 4.79 Å². The Bertz CT molecular complexity index is 220. The number of nitrogens with zero attached hydrogens (tertiary/aromatic N) is 1. The van der Waals surface area contributed by atoms with Crippen molar-refractivity contribution in [2.45, 2.75) is 33.6 Å². The molecule has 1 aliphatic heterocycles. The van der Waals surface area contributed by atoms with Crippen molar-refractivity contribution in [3.63, 3.8) is 0 Å². The summed E-state index contributed by atoms with van der Waals surface area (Å²) in [5, 5.41) is 3.29. The van der Waals surface area contributed by atoms with E-state index in [4.69, 9.17) is 0 Å². The Morgan fingerprint density at radius 3 is 2.25 bits per heavy atom. The lowest BCUT2D eigenvalue weighted by atomic mass is 9.93. The van der Waals surface area contributed by atoms with Gasteiger partial charge in [0.2, 0.25) is 5.91 Å². The number of rotatable bonds is 2. The Hall–Kier alpha value is -0.280. The molecule has 1 fully saturated rings. The summed E-state index contributed by atoms with van der Waals surface area (Å²) < 4.78 is 0. The fraction of sp³-hybridized carbons (Fsp3) is 0.917. The molecule has 4 heteroatoms. The maximum atomic E-state index is 12.1. The first-order chi connectivity index (χ1) is 6.90. The molecule has 3 nitrogen and oxygen atoms in total. The number of carbonyl (C=O) groups excluding carboxylic acids is 1. The molecule has 0 atom stereocenters. The quantitative estimate of drug-likeness (QED) is 0.810. The second-order valence-corrected chi connectivity index (χ2v) is 5.78. The lowest BCUT2D eigenvalue weighted by Gasteiger charge is -2.31. The van der Waals surface area contributed by atoms with E-state index < -0.39 is 0 Å². The molecule has 0 aromatic carbocycles. The highest BCUT2D eigenvalue weighted by Gasteiger charge is 2.25. The molecule has 16 heavy (non-hydrogen) atoms. The second kappa shape index (κ2) is 6.45. The highest BCUT2D eigenvalue weighted by atomic mass is 35.5. The van der Waals surface area contributed by atoms with Gasteiger partial charge in [-0.2, -0.15) is 0 Å². The molecule has 1 saturated heterocycles. The molecule has 1 aliphatic rings. The van der Waals surface area contributed by atoms with Crippen molar-refractivity contribution < 1.29 is 4.79 Å². The SMILES string of the molecule is CN(CC(C)(C)C)C(=O)C1CCNCC1.Cl. The number of carbonyl (C=O) groups is 1. The zero-order valence-corrected chi connectivity index (χ0v) is 11.7. The summed E-state index contributed by atoms with van der Waals surface area (Å²) in [5.74, 6) is 0.574. The fourth-order valence-electron chi connectivity index (χ4n) is 2.17. The van der Waals surface area contributed by atoms with E-state index >= 15 is 0 Å². The number of hydrogen-bond donors (Lipinski definition) is 1. The number of amides is 1. The van der Waals surface area contributed by atoms with Crippen molar-refractivity contribution in [1.82, 2.24) is 10.2 Å². The number of nitrogens with one attached hydrogen (secondary N) is 1. The zero-order chi connectivity index (χ0) is 11.5. The lowest BCUT2D eigenvalue weighted by Crippen LogP contribution is -2.42. The predicted molar refractivity (Wildman–Crippen MR) is 69.9 cm³/mol. The van der Waals surface area contributed by atoms with Crippen LogP contribution >= 0.6 is 12.4 Å². The molecular formula is C12H25ClN2O. The molecule has 0 aliphatic carbocycles. The van der Waals surface area contributed by atoms with Crippen molar-refractivity contribution in [2.24, 2.45) is 11.3 Å². The molecule has 0 saturated carbocycles. The van der Waals surface area contributed by atoms with E-state index in [0.29, 0.717) is 5.91 Å². The summed E-state index contributed by atoms with van der Waals surface area (Å²) in [5.41, 5.74) is 0.192. The molecule has 1 N–H and O–H groups in total. The zero-order valence-electron chi connectivity index (χ0n) is 10.9. The highest BCUT2D eigenvalue weighted by Crippen LogP contribution is 2.19. The van der Waals surface area contributed by atoms with E-state index in [2.05, 4.69) is 26.1 Å². The number of hydrogen-bond acceptors (Lipinski definition) is 2. The van der Waals surface area contributed by atoms with Crippen LogP contribution in [0.15, 0.2) is 0 Å². The molecule has 1 rings (SSSR count). The van der Waals surface area contributed by atoms with Crippen molar-refractivity contribution >= 4 is 18.3 Å². The van der Waals surface area contributed by atoms with Crippen LogP contribution in [0.4, 0.5) is 0 Å². The van der Waals surface area contributed by atoms with Crippen molar-refractivity contribution in [3.8, 4) is 0 Å². The van der Waals surface area contributed by atoms with Gasteiger partial charge < -0.3 is 10.2 Å². The topological polar surface area (TPSA) is 32.3 Å². The van der Waals surface area contributed by atoms with Crippen LogP contribution in [0.2, 0.25) is 0 Å².